The van der Waals surface area contributed by atoms with Crippen molar-refractivity contribution < 1.29 is 9.90 Å². The van der Waals surface area contributed by atoms with Gasteiger partial charge in [0.1, 0.15) is 5.70 Å². The van der Waals surface area contributed by atoms with E-state index in [4.69, 9.17) is 0 Å². The van der Waals surface area contributed by atoms with Crippen LogP contribution < -0.4 is 10.6 Å². The molecule has 3 N–H and O–H groups in total. The van der Waals surface area contributed by atoms with Crippen LogP contribution in [0.5, 0.6) is 0 Å². The molecule has 2 aliphatic rings. The SMILES string of the molecule is O=C1NC(=NC(CO)CC2CC2)N/C1=C\c1ccc2ncsc2c1. The number of benzene rings is 1. The maximum absolute atomic E-state index is 12.1. The Morgan fingerprint density at radius 3 is 3.08 bits per heavy atom. The van der Waals surface area contributed by atoms with E-state index >= 15 is 0 Å². The van der Waals surface area contributed by atoms with E-state index < -0.39 is 0 Å². The Kier molecular flexibility index (Phi) is 4.03. The third-order valence-corrected chi connectivity index (χ3v) is 5.01. The Labute approximate surface area is 143 Å². The minimum Gasteiger partial charge on any atom is -0.394 e. The highest BCUT2D eigenvalue weighted by Crippen LogP contribution is 2.34. The van der Waals surface area contributed by atoms with Crippen molar-refractivity contribution >= 4 is 39.5 Å². The second kappa shape index (κ2) is 6.33. The number of aliphatic imine (C=N–C) groups is 1. The Hall–Kier alpha value is -2.25. The predicted octanol–water partition coefficient (Wildman–Crippen LogP) is 1.87. The van der Waals surface area contributed by atoms with Crippen LogP contribution in [0.1, 0.15) is 24.8 Å². The lowest BCUT2D eigenvalue weighted by molar-refractivity contribution is -0.115. The van der Waals surface area contributed by atoms with Crippen molar-refractivity contribution in [2.45, 2.75) is 25.3 Å². The summed E-state index contributed by atoms with van der Waals surface area (Å²) >= 11 is 1.57. The quantitative estimate of drug-likeness (QED) is 0.724. The average Bonchev–Trinajstić information content (AvgIpc) is 3.15. The van der Waals surface area contributed by atoms with Crippen LogP contribution in [-0.2, 0) is 4.79 Å². The van der Waals surface area contributed by atoms with E-state index in [1.807, 2.05) is 23.7 Å². The number of carbonyl (C=O) groups excluding carboxylic acids is 1. The largest absolute Gasteiger partial charge is 0.394 e. The van der Waals surface area contributed by atoms with Crippen LogP contribution in [0, 0.1) is 5.92 Å². The summed E-state index contributed by atoms with van der Waals surface area (Å²) in [5.41, 5.74) is 4.16. The molecule has 0 spiro atoms. The van der Waals surface area contributed by atoms with E-state index in [-0.39, 0.29) is 18.6 Å². The number of aromatic nitrogens is 1. The minimum atomic E-state index is -0.207. The van der Waals surface area contributed by atoms with Gasteiger partial charge >= 0.3 is 0 Å². The average molecular weight is 342 g/mol. The van der Waals surface area contributed by atoms with Crippen LogP contribution in [0.15, 0.2) is 34.4 Å². The Bertz CT molecular complexity index is 838. The second-order valence-corrected chi connectivity index (χ2v) is 7.10. The summed E-state index contributed by atoms with van der Waals surface area (Å²) in [6.45, 7) is -0.00135. The number of aliphatic hydroxyl groups excluding tert-OH is 1. The van der Waals surface area contributed by atoms with Gasteiger partial charge in [-0.1, -0.05) is 18.9 Å². The number of amides is 1. The maximum Gasteiger partial charge on any atom is 0.274 e. The molecule has 1 amide bonds. The van der Waals surface area contributed by atoms with Crippen LogP contribution >= 0.6 is 11.3 Å². The number of hydrogen-bond donors (Lipinski definition) is 3. The highest BCUT2D eigenvalue weighted by atomic mass is 32.1. The lowest BCUT2D eigenvalue weighted by atomic mass is 10.1. The molecule has 4 rings (SSSR count). The molecule has 2 aromatic rings. The van der Waals surface area contributed by atoms with Crippen molar-refractivity contribution in [3.8, 4) is 0 Å². The first-order valence-electron chi connectivity index (χ1n) is 8.03. The molecular weight excluding hydrogens is 324 g/mol. The minimum absolute atomic E-state index is 0.00135. The lowest BCUT2D eigenvalue weighted by Crippen LogP contribution is -2.28. The van der Waals surface area contributed by atoms with E-state index in [9.17, 15) is 9.90 Å². The molecule has 0 radical (unpaired) electrons. The summed E-state index contributed by atoms with van der Waals surface area (Å²) in [4.78, 5) is 20.8. The number of fused-ring (bicyclic) bond motifs is 1. The van der Waals surface area contributed by atoms with Crippen LogP contribution in [-0.4, -0.2) is 34.6 Å². The van der Waals surface area contributed by atoms with Crippen molar-refractivity contribution in [2.75, 3.05) is 6.61 Å². The molecule has 6 nitrogen and oxygen atoms in total. The number of thiazole rings is 1. The molecule has 2 fully saturated rings. The first kappa shape index (κ1) is 15.3. The molecule has 1 unspecified atom stereocenters. The highest BCUT2D eigenvalue weighted by molar-refractivity contribution is 7.16. The van der Waals surface area contributed by atoms with E-state index in [0.717, 1.165) is 22.2 Å². The molecule has 2 heterocycles. The monoisotopic (exact) mass is 342 g/mol. The van der Waals surface area contributed by atoms with Gasteiger partial charge in [0.15, 0.2) is 0 Å². The van der Waals surface area contributed by atoms with Gasteiger partial charge in [-0.05, 0) is 36.1 Å². The van der Waals surface area contributed by atoms with E-state index in [0.29, 0.717) is 17.6 Å². The summed E-state index contributed by atoms with van der Waals surface area (Å²) < 4.78 is 1.08. The van der Waals surface area contributed by atoms with Crippen LogP contribution in [0.3, 0.4) is 0 Å². The molecule has 24 heavy (non-hydrogen) atoms. The van der Waals surface area contributed by atoms with Gasteiger partial charge in [0.25, 0.3) is 5.91 Å². The first-order chi connectivity index (χ1) is 11.7. The van der Waals surface area contributed by atoms with Crippen LogP contribution in [0.2, 0.25) is 0 Å². The van der Waals surface area contributed by atoms with Gasteiger partial charge in [0.05, 0.1) is 28.4 Å². The standard InChI is InChI=1S/C17H18N4O2S/c22-8-12(5-10-1-2-10)19-17-20-14(16(23)21-17)6-11-3-4-13-15(7-11)24-9-18-13/h3-4,6-7,9-10,12,22H,1-2,5,8H2,(H2,19,20,21,23)/b14-6-. The summed E-state index contributed by atoms with van der Waals surface area (Å²) in [6.07, 6.45) is 5.10. The third kappa shape index (κ3) is 3.32. The Morgan fingerprint density at radius 1 is 1.42 bits per heavy atom. The van der Waals surface area contributed by atoms with Gasteiger partial charge in [0.2, 0.25) is 5.96 Å². The summed E-state index contributed by atoms with van der Waals surface area (Å²) in [5, 5.41) is 15.2. The number of nitrogens with zero attached hydrogens (tertiary/aromatic N) is 2. The first-order valence-corrected chi connectivity index (χ1v) is 8.91. The molecule has 1 saturated heterocycles. The van der Waals surface area contributed by atoms with Crippen molar-refractivity contribution in [1.29, 1.82) is 0 Å². The van der Waals surface area contributed by atoms with Crippen LogP contribution in [0.4, 0.5) is 0 Å². The molecule has 124 valence electrons. The highest BCUT2D eigenvalue weighted by Gasteiger charge is 2.27. The fraction of sp³-hybridized carbons (Fsp3) is 0.353. The molecular formula is C17H18N4O2S. The van der Waals surface area contributed by atoms with E-state index in [1.165, 1.54) is 12.8 Å². The van der Waals surface area contributed by atoms with Gasteiger partial charge in [-0.25, -0.2) is 9.98 Å². The van der Waals surface area contributed by atoms with E-state index in [1.54, 1.807) is 17.4 Å². The predicted molar refractivity (Wildman–Crippen MR) is 94.5 cm³/mol. The smallest absolute Gasteiger partial charge is 0.274 e. The zero-order chi connectivity index (χ0) is 16.5. The normalized spacial score (nSPS) is 22.1. The zero-order valence-electron chi connectivity index (χ0n) is 13.0. The van der Waals surface area contributed by atoms with Crippen molar-refractivity contribution in [2.24, 2.45) is 10.9 Å². The molecule has 1 atom stereocenters. The molecule has 0 bridgehead atoms. The van der Waals surface area contributed by atoms with Crippen molar-refractivity contribution in [3.05, 3.63) is 35.0 Å². The number of hydrogen-bond acceptors (Lipinski definition) is 5. The van der Waals surface area contributed by atoms with Crippen LogP contribution in [0.25, 0.3) is 16.3 Å². The fourth-order valence-corrected chi connectivity index (χ4v) is 3.50. The topological polar surface area (TPSA) is 86.6 Å². The third-order valence-electron chi connectivity index (χ3n) is 4.22. The molecule has 7 heteroatoms. The number of rotatable bonds is 5. The Morgan fingerprint density at radius 2 is 2.29 bits per heavy atom. The molecule has 1 aromatic heterocycles. The summed E-state index contributed by atoms with van der Waals surface area (Å²) in [6, 6.07) is 5.72. The van der Waals surface area contributed by atoms with Gasteiger partial charge in [-0.15, -0.1) is 11.3 Å². The fourth-order valence-electron chi connectivity index (χ4n) is 2.77. The lowest BCUT2D eigenvalue weighted by Gasteiger charge is -2.09. The molecule has 1 aliphatic carbocycles. The van der Waals surface area contributed by atoms with Crippen molar-refractivity contribution in [1.82, 2.24) is 15.6 Å². The van der Waals surface area contributed by atoms with Gasteiger partial charge in [-0.2, -0.15) is 0 Å². The second-order valence-electron chi connectivity index (χ2n) is 6.21. The van der Waals surface area contributed by atoms with Gasteiger partial charge in [-0.3, -0.25) is 10.1 Å². The van der Waals surface area contributed by atoms with Crippen molar-refractivity contribution in [3.63, 3.8) is 0 Å². The Balaban J connectivity index is 1.52. The van der Waals surface area contributed by atoms with E-state index in [2.05, 4.69) is 20.6 Å². The number of nitrogens with one attached hydrogen (secondary N) is 2. The molecule has 1 aromatic carbocycles. The summed E-state index contributed by atoms with van der Waals surface area (Å²) in [5.74, 6) is 0.885. The number of aliphatic hydroxyl groups is 1. The van der Waals surface area contributed by atoms with Gasteiger partial charge in [0, 0.05) is 0 Å². The number of guanidine groups is 1. The zero-order valence-corrected chi connectivity index (χ0v) is 13.8. The maximum atomic E-state index is 12.1. The molecule has 1 aliphatic heterocycles. The van der Waals surface area contributed by atoms with Gasteiger partial charge < -0.3 is 10.4 Å². The number of carbonyl (C=O) groups is 1. The molecule has 1 saturated carbocycles. The summed E-state index contributed by atoms with van der Waals surface area (Å²) in [7, 11) is 0.